The van der Waals surface area contributed by atoms with Gasteiger partial charge in [0.15, 0.2) is 5.69 Å². The Morgan fingerprint density at radius 3 is 2.65 bits per heavy atom. The van der Waals surface area contributed by atoms with Crippen LogP contribution in [0.25, 0.3) is 5.70 Å². The van der Waals surface area contributed by atoms with Crippen molar-refractivity contribution in [1.29, 1.82) is 5.26 Å². The van der Waals surface area contributed by atoms with Gasteiger partial charge in [0.25, 0.3) is 10.1 Å². The van der Waals surface area contributed by atoms with E-state index in [-0.39, 0.29) is 16.9 Å². The fourth-order valence-electron chi connectivity index (χ4n) is 7.41. The van der Waals surface area contributed by atoms with Gasteiger partial charge < -0.3 is 4.57 Å². The van der Waals surface area contributed by atoms with Crippen LogP contribution in [-0.2, 0) is 14.3 Å². The van der Waals surface area contributed by atoms with E-state index in [9.17, 15) is 13.7 Å². The van der Waals surface area contributed by atoms with Gasteiger partial charge in [0.2, 0.25) is 0 Å². The van der Waals surface area contributed by atoms with Crippen LogP contribution in [0.4, 0.5) is 0 Å². The summed E-state index contributed by atoms with van der Waals surface area (Å²) in [5.41, 5.74) is 3.43. The lowest BCUT2D eigenvalue weighted by Gasteiger charge is -2.57. The Bertz CT molecular complexity index is 1110. The highest BCUT2D eigenvalue weighted by Crippen LogP contribution is 2.65. The van der Waals surface area contributed by atoms with Crippen LogP contribution in [0.15, 0.2) is 30.2 Å². The quantitative estimate of drug-likeness (QED) is 0.509. The molecule has 4 aliphatic rings. The maximum atomic E-state index is 11.6. The smallest absolute Gasteiger partial charge is 0.264 e. The first-order valence-corrected chi connectivity index (χ1v) is 13.2. The first-order valence-electron chi connectivity index (χ1n) is 11.4. The summed E-state index contributed by atoms with van der Waals surface area (Å²) in [7, 11) is -3.42. The SMILES string of the molecule is C[C@]12CC[C@H](OS(C)(=O)=O)CC1=CCC1C2CC[C@]2(C)C(n3cnc(C#N)c3)=CCC12. The van der Waals surface area contributed by atoms with Gasteiger partial charge in [-0.15, -0.1) is 0 Å². The molecule has 0 radical (unpaired) electrons. The van der Waals surface area contributed by atoms with E-state index < -0.39 is 10.1 Å². The minimum absolute atomic E-state index is 0.104. The highest BCUT2D eigenvalue weighted by atomic mass is 32.2. The Hall–Kier alpha value is -1.91. The molecule has 0 saturated heterocycles. The molecule has 0 aliphatic heterocycles. The fraction of sp³-hybridized carbons (Fsp3) is 0.667. The molecule has 0 amide bonds. The third kappa shape index (κ3) is 3.30. The van der Waals surface area contributed by atoms with Crippen LogP contribution in [-0.4, -0.2) is 30.3 Å². The normalized spacial score (nSPS) is 39.5. The first-order chi connectivity index (χ1) is 14.6. The van der Waals surface area contributed by atoms with Gasteiger partial charge in [0, 0.05) is 17.3 Å². The van der Waals surface area contributed by atoms with Crippen molar-refractivity contribution in [3.63, 3.8) is 0 Å². The lowest BCUT2D eigenvalue weighted by Crippen LogP contribution is -2.50. The molecule has 7 heteroatoms. The van der Waals surface area contributed by atoms with Crippen molar-refractivity contribution in [3.05, 3.63) is 35.9 Å². The van der Waals surface area contributed by atoms with Crippen molar-refractivity contribution in [2.45, 2.75) is 64.9 Å². The van der Waals surface area contributed by atoms with Crippen molar-refractivity contribution >= 4 is 15.8 Å². The molecule has 31 heavy (non-hydrogen) atoms. The lowest BCUT2D eigenvalue weighted by molar-refractivity contribution is -0.0217. The number of rotatable bonds is 3. The summed E-state index contributed by atoms with van der Waals surface area (Å²) in [5.74, 6) is 1.86. The zero-order valence-electron chi connectivity index (χ0n) is 18.5. The second kappa shape index (κ2) is 7.05. The number of nitrogens with zero attached hydrogens (tertiary/aromatic N) is 3. The summed E-state index contributed by atoms with van der Waals surface area (Å²) < 4.78 is 30.7. The van der Waals surface area contributed by atoms with Crippen LogP contribution in [0.3, 0.4) is 0 Å². The largest absolute Gasteiger partial charge is 0.308 e. The summed E-state index contributed by atoms with van der Waals surface area (Å²) >= 11 is 0. The number of nitriles is 1. The van der Waals surface area contributed by atoms with Gasteiger partial charge in [0.05, 0.1) is 12.4 Å². The van der Waals surface area contributed by atoms with Crippen LogP contribution in [0, 0.1) is 39.9 Å². The Morgan fingerprint density at radius 1 is 1.16 bits per heavy atom. The number of aromatic nitrogens is 2. The summed E-state index contributed by atoms with van der Waals surface area (Å²) in [6, 6.07) is 2.14. The summed E-state index contributed by atoms with van der Waals surface area (Å²) in [6.45, 7) is 4.81. The number of imidazole rings is 1. The zero-order chi connectivity index (χ0) is 22.0. The van der Waals surface area contributed by atoms with Gasteiger partial charge >= 0.3 is 0 Å². The highest BCUT2D eigenvalue weighted by molar-refractivity contribution is 7.86. The van der Waals surface area contributed by atoms with E-state index in [1.54, 1.807) is 6.33 Å². The number of hydrogen-bond donors (Lipinski definition) is 0. The molecule has 3 unspecified atom stereocenters. The minimum atomic E-state index is -3.42. The summed E-state index contributed by atoms with van der Waals surface area (Å²) in [5, 5.41) is 9.17. The van der Waals surface area contributed by atoms with Gasteiger partial charge in [-0.3, -0.25) is 4.18 Å². The third-order valence-corrected chi connectivity index (χ3v) is 9.51. The molecule has 0 N–H and O–H groups in total. The van der Waals surface area contributed by atoms with Crippen LogP contribution in [0.1, 0.15) is 64.5 Å². The first kappa shape index (κ1) is 21.0. The second-order valence-electron chi connectivity index (χ2n) is 10.5. The van der Waals surface area contributed by atoms with E-state index >= 15 is 0 Å². The van der Waals surface area contributed by atoms with E-state index in [1.807, 2.05) is 6.20 Å². The van der Waals surface area contributed by atoms with Gasteiger partial charge in [-0.2, -0.15) is 13.7 Å². The van der Waals surface area contributed by atoms with Crippen molar-refractivity contribution in [2.24, 2.45) is 28.6 Å². The molecule has 0 aromatic carbocycles. The van der Waals surface area contributed by atoms with E-state index in [1.165, 1.54) is 17.7 Å². The molecular weight excluding hydrogens is 410 g/mol. The molecule has 166 valence electrons. The average molecular weight is 442 g/mol. The summed E-state index contributed by atoms with van der Waals surface area (Å²) in [4.78, 5) is 4.22. The summed E-state index contributed by atoms with van der Waals surface area (Å²) in [6.07, 6.45) is 16.4. The topological polar surface area (TPSA) is 85.0 Å². The Labute approximate surface area is 185 Å². The van der Waals surface area contributed by atoms with Crippen molar-refractivity contribution in [3.8, 4) is 6.07 Å². The van der Waals surface area contributed by atoms with Crippen LogP contribution in [0.2, 0.25) is 0 Å². The van der Waals surface area contributed by atoms with Crippen molar-refractivity contribution < 1.29 is 12.6 Å². The standard InChI is InChI=1S/C24H31N3O3S/c1-23-10-8-18(30-31(3,28)29)12-16(23)4-5-19-20-6-7-22(24(20,2)11-9-21(19)23)27-14-17(13-25)26-15-27/h4,7,14-15,18-21H,5-6,8-12H2,1-3H3/t18-,19?,20?,21?,23-,24-/m0/s1. The molecule has 5 rings (SSSR count). The van der Waals surface area contributed by atoms with E-state index in [0.717, 1.165) is 44.8 Å². The third-order valence-electron chi connectivity index (χ3n) is 8.88. The van der Waals surface area contributed by atoms with E-state index in [4.69, 9.17) is 4.18 Å². The zero-order valence-corrected chi connectivity index (χ0v) is 19.4. The number of fused-ring (bicyclic) bond motifs is 5. The molecule has 0 spiro atoms. The molecule has 1 aromatic rings. The Morgan fingerprint density at radius 2 is 1.94 bits per heavy atom. The molecule has 2 fully saturated rings. The number of allylic oxidation sites excluding steroid dienone is 3. The number of hydrogen-bond acceptors (Lipinski definition) is 5. The van der Waals surface area contributed by atoms with Crippen LogP contribution >= 0.6 is 0 Å². The monoisotopic (exact) mass is 441 g/mol. The lowest BCUT2D eigenvalue weighted by atomic mass is 9.48. The Kier molecular flexibility index (Phi) is 4.76. The van der Waals surface area contributed by atoms with Gasteiger partial charge in [-0.05, 0) is 68.1 Å². The van der Waals surface area contributed by atoms with E-state index in [0.29, 0.717) is 23.4 Å². The second-order valence-corrected chi connectivity index (χ2v) is 12.1. The van der Waals surface area contributed by atoms with Crippen molar-refractivity contribution in [2.75, 3.05) is 6.26 Å². The molecule has 1 heterocycles. The molecule has 6 atom stereocenters. The van der Waals surface area contributed by atoms with Gasteiger partial charge in [-0.1, -0.05) is 31.6 Å². The van der Waals surface area contributed by atoms with Crippen LogP contribution < -0.4 is 0 Å². The average Bonchev–Trinajstić information content (AvgIpc) is 3.30. The Balaban J connectivity index is 1.40. The maximum absolute atomic E-state index is 11.6. The predicted molar refractivity (Wildman–Crippen MR) is 118 cm³/mol. The van der Waals surface area contributed by atoms with Crippen molar-refractivity contribution in [1.82, 2.24) is 9.55 Å². The highest BCUT2D eigenvalue weighted by Gasteiger charge is 2.57. The molecule has 2 saturated carbocycles. The van der Waals surface area contributed by atoms with E-state index in [2.05, 4.69) is 41.6 Å². The molecular formula is C24H31N3O3S. The predicted octanol–water partition coefficient (Wildman–Crippen LogP) is 4.51. The fourth-order valence-corrected chi connectivity index (χ4v) is 8.07. The van der Waals surface area contributed by atoms with Gasteiger partial charge in [-0.25, -0.2) is 4.98 Å². The molecule has 0 bridgehead atoms. The molecule has 4 aliphatic carbocycles. The van der Waals surface area contributed by atoms with Crippen LogP contribution in [0.5, 0.6) is 0 Å². The minimum Gasteiger partial charge on any atom is -0.308 e. The maximum Gasteiger partial charge on any atom is 0.264 e. The molecule has 1 aromatic heterocycles. The molecule has 6 nitrogen and oxygen atoms in total. The van der Waals surface area contributed by atoms with Gasteiger partial charge in [0.1, 0.15) is 12.4 Å².